The molecule has 0 N–H and O–H groups in total. The molecule has 5 nitrogen and oxygen atoms in total. The van der Waals surface area contributed by atoms with E-state index < -0.39 is 0 Å². The van der Waals surface area contributed by atoms with Gasteiger partial charge in [-0.15, -0.1) is 11.3 Å². The van der Waals surface area contributed by atoms with Gasteiger partial charge in [0.15, 0.2) is 17.5 Å². The van der Waals surface area contributed by atoms with Gasteiger partial charge in [-0.3, -0.25) is 0 Å². The third kappa shape index (κ3) is 4.43. The zero-order valence-corrected chi connectivity index (χ0v) is 27.8. The van der Waals surface area contributed by atoms with Crippen LogP contribution >= 0.6 is 11.3 Å². The lowest BCUT2D eigenvalue weighted by Crippen LogP contribution is -2.00. The predicted molar refractivity (Wildman–Crippen MR) is 209 cm³/mol. The number of hydrogen-bond acceptors (Lipinski definition) is 6. The maximum atomic E-state index is 6.71. The number of rotatable bonds is 4. The Hall–Kier alpha value is -6.63. The van der Waals surface area contributed by atoms with Crippen molar-refractivity contribution in [1.29, 1.82) is 0 Å². The summed E-state index contributed by atoms with van der Waals surface area (Å²) in [6.07, 6.45) is 0. The van der Waals surface area contributed by atoms with Gasteiger partial charge in [0.1, 0.15) is 22.3 Å². The minimum atomic E-state index is 0.563. The van der Waals surface area contributed by atoms with Crippen molar-refractivity contribution in [1.82, 2.24) is 15.0 Å². The second kappa shape index (κ2) is 10.9. The minimum absolute atomic E-state index is 0.563. The molecule has 0 saturated carbocycles. The van der Waals surface area contributed by atoms with Crippen molar-refractivity contribution in [2.75, 3.05) is 0 Å². The van der Waals surface area contributed by atoms with Crippen LogP contribution in [0.1, 0.15) is 0 Å². The number of aromatic nitrogens is 3. The smallest absolute Gasteiger partial charge is 0.167 e. The van der Waals surface area contributed by atoms with Crippen LogP contribution in [-0.4, -0.2) is 15.0 Å². The highest BCUT2D eigenvalue weighted by Crippen LogP contribution is 2.42. The molecule has 0 aliphatic heterocycles. The van der Waals surface area contributed by atoms with Crippen molar-refractivity contribution in [3.63, 3.8) is 0 Å². The van der Waals surface area contributed by atoms with Crippen LogP contribution in [0.15, 0.2) is 160 Å². The van der Waals surface area contributed by atoms with Gasteiger partial charge in [-0.05, 0) is 53.6 Å². The lowest BCUT2D eigenvalue weighted by molar-refractivity contribution is 0.669. The first-order valence-corrected chi connectivity index (χ1v) is 17.7. The first-order valence-electron chi connectivity index (χ1n) is 16.8. The molecular weight excluding hydrogens is 647 g/mol. The Kier molecular flexibility index (Phi) is 6.05. The first-order chi connectivity index (χ1) is 25.2. The quantitative estimate of drug-likeness (QED) is 0.186. The molecule has 7 aromatic carbocycles. The van der Waals surface area contributed by atoms with E-state index >= 15 is 0 Å². The molecule has 0 unspecified atom stereocenters. The molecular formula is C45H25N3O2S. The molecule has 11 aromatic rings. The van der Waals surface area contributed by atoms with Crippen molar-refractivity contribution >= 4 is 75.4 Å². The Balaban J connectivity index is 1.11. The highest BCUT2D eigenvalue weighted by Gasteiger charge is 2.20. The Morgan fingerprint density at radius 1 is 0.373 bits per heavy atom. The second-order valence-electron chi connectivity index (χ2n) is 12.8. The van der Waals surface area contributed by atoms with Crippen LogP contribution in [0.25, 0.3) is 109 Å². The summed E-state index contributed by atoms with van der Waals surface area (Å²) in [5, 5.41) is 6.75. The molecule has 0 bridgehead atoms. The van der Waals surface area contributed by atoms with Gasteiger partial charge in [-0.2, -0.15) is 0 Å². The lowest BCUT2D eigenvalue weighted by atomic mass is 9.97. The summed E-state index contributed by atoms with van der Waals surface area (Å²) in [4.78, 5) is 15.2. The van der Waals surface area contributed by atoms with Gasteiger partial charge in [0.2, 0.25) is 0 Å². The Morgan fingerprint density at radius 3 is 1.96 bits per heavy atom. The topological polar surface area (TPSA) is 65.0 Å². The van der Waals surface area contributed by atoms with E-state index in [1.165, 1.54) is 20.2 Å². The largest absolute Gasteiger partial charge is 0.456 e. The summed E-state index contributed by atoms with van der Waals surface area (Å²) in [5.41, 5.74) is 8.17. The van der Waals surface area contributed by atoms with E-state index in [1.54, 1.807) is 11.3 Å². The predicted octanol–water partition coefficient (Wildman–Crippen LogP) is 12.7. The van der Waals surface area contributed by atoms with Gasteiger partial charge in [0.25, 0.3) is 0 Å². The van der Waals surface area contributed by atoms with Crippen LogP contribution in [0.4, 0.5) is 0 Å². The molecule has 11 rings (SSSR count). The number of benzene rings is 7. The van der Waals surface area contributed by atoms with Gasteiger partial charge >= 0.3 is 0 Å². The Bertz CT molecular complexity index is 3160. The minimum Gasteiger partial charge on any atom is -0.456 e. The van der Waals surface area contributed by atoms with Crippen LogP contribution < -0.4 is 0 Å². The Morgan fingerprint density at radius 2 is 1.04 bits per heavy atom. The zero-order chi connectivity index (χ0) is 33.5. The van der Waals surface area contributed by atoms with E-state index in [9.17, 15) is 0 Å². The van der Waals surface area contributed by atoms with Crippen molar-refractivity contribution in [3.05, 3.63) is 152 Å². The van der Waals surface area contributed by atoms with Gasteiger partial charge < -0.3 is 8.83 Å². The molecule has 6 heteroatoms. The molecule has 51 heavy (non-hydrogen) atoms. The van der Waals surface area contributed by atoms with E-state index in [1.807, 2.05) is 60.7 Å². The van der Waals surface area contributed by atoms with E-state index in [0.717, 1.165) is 71.7 Å². The van der Waals surface area contributed by atoms with E-state index in [-0.39, 0.29) is 0 Å². The van der Waals surface area contributed by atoms with E-state index in [0.29, 0.717) is 17.5 Å². The van der Waals surface area contributed by atoms with E-state index in [2.05, 4.69) is 91.0 Å². The molecule has 0 amide bonds. The normalized spacial score (nSPS) is 11.9. The fourth-order valence-corrected chi connectivity index (χ4v) is 8.51. The third-order valence-corrected chi connectivity index (χ3v) is 10.9. The summed E-state index contributed by atoms with van der Waals surface area (Å²) < 4.78 is 15.3. The molecule has 0 aliphatic carbocycles. The molecule has 0 fully saturated rings. The van der Waals surface area contributed by atoms with Gasteiger partial charge in [-0.1, -0.05) is 109 Å². The van der Waals surface area contributed by atoms with Crippen LogP contribution in [0, 0.1) is 0 Å². The fraction of sp³-hybridized carbons (Fsp3) is 0. The van der Waals surface area contributed by atoms with Gasteiger partial charge in [-0.25, -0.2) is 15.0 Å². The van der Waals surface area contributed by atoms with Crippen LogP contribution in [0.3, 0.4) is 0 Å². The SMILES string of the molecule is c1ccc(-c2nc(-c3ccc4c(c3)sc3ccccc34)nc(-c3cccc4c3oc3cccc(-c5ccc6oc7ccccc7c6c5)c34)n2)cc1. The average Bonchev–Trinajstić information content (AvgIpc) is 3.88. The number of hydrogen-bond donors (Lipinski definition) is 0. The second-order valence-corrected chi connectivity index (χ2v) is 13.8. The number of thiophene rings is 1. The zero-order valence-electron chi connectivity index (χ0n) is 27.0. The summed E-state index contributed by atoms with van der Waals surface area (Å²) >= 11 is 1.79. The fourth-order valence-electron chi connectivity index (χ4n) is 7.36. The number of fused-ring (bicyclic) bond motifs is 9. The van der Waals surface area contributed by atoms with Gasteiger partial charge in [0, 0.05) is 52.8 Å². The van der Waals surface area contributed by atoms with Crippen LogP contribution in [0.2, 0.25) is 0 Å². The number of furan rings is 2. The van der Waals surface area contributed by atoms with Crippen molar-refractivity contribution in [3.8, 4) is 45.3 Å². The summed E-state index contributed by atoms with van der Waals surface area (Å²) in [5.74, 6) is 1.79. The molecule has 4 heterocycles. The average molecular weight is 672 g/mol. The highest BCUT2D eigenvalue weighted by molar-refractivity contribution is 7.25. The number of nitrogens with zero attached hydrogens (tertiary/aromatic N) is 3. The Labute approximate surface area is 295 Å². The lowest BCUT2D eigenvalue weighted by Gasteiger charge is -2.09. The molecule has 0 radical (unpaired) electrons. The summed E-state index contributed by atoms with van der Waals surface area (Å²) in [7, 11) is 0. The number of para-hydroxylation sites is 2. The standard InChI is InChI=1S/C45H25N3O2S/c1-2-10-26(11-3-1)43-46-44(28-20-22-32-31-13-5-7-19-39(31)51-40(32)25-28)48-45(47-43)34-16-8-15-33-41-29(14-9-18-38(41)50-42(33)34)27-21-23-37-35(24-27)30-12-4-6-17-36(30)49-37/h1-25H. The first kappa shape index (κ1) is 28.2. The molecule has 0 atom stereocenters. The monoisotopic (exact) mass is 671 g/mol. The molecule has 0 saturated heterocycles. The molecule has 4 aromatic heterocycles. The maximum Gasteiger partial charge on any atom is 0.167 e. The third-order valence-electron chi connectivity index (χ3n) is 9.76. The van der Waals surface area contributed by atoms with Gasteiger partial charge in [0.05, 0.1) is 5.56 Å². The van der Waals surface area contributed by atoms with Crippen molar-refractivity contribution in [2.45, 2.75) is 0 Å². The molecule has 0 spiro atoms. The van der Waals surface area contributed by atoms with Crippen LogP contribution in [-0.2, 0) is 0 Å². The highest BCUT2D eigenvalue weighted by atomic mass is 32.1. The van der Waals surface area contributed by atoms with Crippen LogP contribution in [0.5, 0.6) is 0 Å². The molecule has 0 aliphatic rings. The molecule has 238 valence electrons. The van der Waals surface area contributed by atoms with Crippen molar-refractivity contribution in [2.24, 2.45) is 0 Å². The maximum absolute atomic E-state index is 6.71. The van der Waals surface area contributed by atoms with E-state index in [4.69, 9.17) is 23.8 Å². The summed E-state index contributed by atoms with van der Waals surface area (Å²) in [6, 6.07) is 52.1. The van der Waals surface area contributed by atoms with Crippen molar-refractivity contribution < 1.29 is 8.83 Å². The summed E-state index contributed by atoms with van der Waals surface area (Å²) in [6.45, 7) is 0.